The molecule has 2 heterocycles. The highest BCUT2D eigenvalue weighted by atomic mass is 19.1. The number of benzene rings is 2. The predicted octanol–water partition coefficient (Wildman–Crippen LogP) is 4.77. The summed E-state index contributed by atoms with van der Waals surface area (Å²) in [6, 6.07) is 10.4. The second-order valence-electron chi connectivity index (χ2n) is 9.23. The molecule has 1 amide bonds. The Morgan fingerprint density at radius 3 is 2.60 bits per heavy atom. The van der Waals surface area contributed by atoms with Crippen LogP contribution in [0.1, 0.15) is 54.8 Å². The molecule has 178 valence electrons. The molecule has 2 fully saturated rings. The average molecular weight is 475 g/mol. The summed E-state index contributed by atoms with van der Waals surface area (Å²) in [4.78, 5) is 18.9. The van der Waals surface area contributed by atoms with Crippen molar-refractivity contribution in [1.29, 1.82) is 10.5 Å². The van der Waals surface area contributed by atoms with Gasteiger partial charge in [-0.1, -0.05) is 0 Å². The standard InChI is InChI=1S/C26H23F2N5O2/c27-22-8-17(12-29)7-19(9-22)24-5-6-35-33(24)26(34)18-3-1-16(2-4-18)15-32-25-11-20(13-30)23(28)10-21(25)14-31-32/h7-11,14,16,18,24H,1-6,15H2/t16?,18?,24-/m0/s1. The Morgan fingerprint density at radius 1 is 1.06 bits per heavy atom. The van der Waals surface area contributed by atoms with Gasteiger partial charge in [0.15, 0.2) is 0 Å². The molecule has 3 aromatic rings. The minimum atomic E-state index is -0.553. The number of hydrogen-bond donors (Lipinski definition) is 0. The molecular weight excluding hydrogens is 452 g/mol. The van der Waals surface area contributed by atoms with Gasteiger partial charge >= 0.3 is 0 Å². The van der Waals surface area contributed by atoms with Crippen LogP contribution in [-0.2, 0) is 16.2 Å². The van der Waals surface area contributed by atoms with E-state index in [2.05, 4.69) is 5.10 Å². The van der Waals surface area contributed by atoms with Gasteiger partial charge in [0.2, 0.25) is 5.91 Å². The Hall–Kier alpha value is -3.82. The quantitative estimate of drug-likeness (QED) is 0.542. The van der Waals surface area contributed by atoms with Crippen LogP contribution in [0.4, 0.5) is 8.78 Å². The number of nitrogens with zero attached hydrogens (tertiary/aromatic N) is 5. The normalized spacial score (nSPS) is 22.2. The van der Waals surface area contributed by atoms with Crippen LogP contribution in [0.15, 0.2) is 36.5 Å². The molecule has 1 aliphatic heterocycles. The van der Waals surface area contributed by atoms with Crippen molar-refractivity contribution < 1.29 is 18.4 Å². The number of carbonyl (C=O) groups is 1. The van der Waals surface area contributed by atoms with Gasteiger partial charge in [0.05, 0.1) is 41.6 Å². The van der Waals surface area contributed by atoms with Crippen molar-refractivity contribution in [2.45, 2.75) is 44.7 Å². The molecule has 0 spiro atoms. The Balaban J connectivity index is 1.24. The molecule has 1 saturated carbocycles. The van der Waals surface area contributed by atoms with E-state index in [4.69, 9.17) is 15.4 Å². The predicted molar refractivity (Wildman–Crippen MR) is 121 cm³/mol. The minimum Gasteiger partial charge on any atom is -0.272 e. The van der Waals surface area contributed by atoms with Crippen LogP contribution >= 0.6 is 0 Å². The smallest absolute Gasteiger partial charge is 0.249 e. The van der Waals surface area contributed by atoms with Crippen molar-refractivity contribution in [3.8, 4) is 12.1 Å². The summed E-state index contributed by atoms with van der Waals surface area (Å²) < 4.78 is 29.7. The minimum absolute atomic E-state index is 0.00564. The molecule has 0 radical (unpaired) electrons. The van der Waals surface area contributed by atoms with Gasteiger partial charge in [0.25, 0.3) is 0 Å². The summed E-state index contributed by atoms with van der Waals surface area (Å²) in [7, 11) is 0. The molecular formula is C26H23F2N5O2. The van der Waals surface area contributed by atoms with Crippen molar-refractivity contribution in [3.63, 3.8) is 0 Å². The summed E-state index contributed by atoms with van der Waals surface area (Å²) in [6.07, 6.45) is 5.18. The highest BCUT2D eigenvalue weighted by Crippen LogP contribution is 2.37. The van der Waals surface area contributed by atoms with E-state index in [9.17, 15) is 13.6 Å². The van der Waals surface area contributed by atoms with E-state index in [0.717, 1.165) is 18.4 Å². The fourth-order valence-corrected chi connectivity index (χ4v) is 5.20. The van der Waals surface area contributed by atoms with Gasteiger partial charge in [-0.15, -0.1) is 0 Å². The molecule has 1 aliphatic carbocycles. The van der Waals surface area contributed by atoms with Crippen molar-refractivity contribution in [2.24, 2.45) is 11.8 Å². The molecule has 0 N–H and O–H groups in total. The summed E-state index contributed by atoms with van der Waals surface area (Å²) in [6.45, 7) is 0.992. The van der Waals surface area contributed by atoms with Gasteiger partial charge in [-0.3, -0.25) is 14.3 Å². The zero-order valence-corrected chi connectivity index (χ0v) is 19.0. The first-order valence-electron chi connectivity index (χ1n) is 11.7. The summed E-state index contributed by atoms with van der Waals surface area (Å²) in [5, 5.41) is 24.7. The van der Waals surface area contributed by atoms with Gasteiger partial charge in [0.1, 0.15) is 17.7 Å². The van der Waals surface area contributed by atoms with Gasteiger partial charge < -0.3 is 0 Å². The van der Waals surface area contributed by atoms with Crippen molar-refractivity contribution in [2.75, 3.05) is 6.61 Å². The highest BCUT2D eigenvalue weighted by molar-refractivity contribution is 5.80. The van der Waals surface area contributed by atoms with Crippen LogP contribution in [-0.4, -0.2) is 27.4 Å². The van der Waals surface area contributed by atoms with Crippen LogP contribution in [0.25, 0.3) is 10.9 Å². The zero-order chi connectivity index (χ0) is 24.5. The summed E-state index contributed by atoms with van der Waals surface area (Å²) >= 11 is 0. The highest BCUT2D eigenvalue weighted by Gasteiger charge is 2.37. The molecule has 1 aromatic heterocycles. The summed E-state index contributed by atoms with van der Waals surface area (Å²) in [5.41, 5.74) is 1.51. The lowest BCUT2D eigenvalue weighted by Gasteiger charge is -2.32. The van der Waals surface area contributed by atoms with Gasteiger partial charge in [-0.05, 0) is 67.5 Å². The maximum atomic E-state index is 14.0. The van der Waals surface area contributed by atoms with Crippen LogP contribution < -0.4 is 0 Å². The Kier molecular flexibility index (Phi) is 6.19. The topological polar surface area (TPSA) is 94.9 Å². The van der Waals surface area contributed by atoms with Crippen LogP contribution in [0.5, 0.6) is 0 Å². The SMILES string of the molecule is N#Cc1cc(F)cc([C@@H]2CCON2C(=O)C2CCC(Cn3ncc4cc(F)c(C#N)cc43)CC2)c1. The van der Waals surface area contributed by atoms with Crippen LogP contribution in [0.2, 0.25) is 0 Å². The molecule has 35 heavy (non-hydrogen) atoms. The molecule has 1 atom stereocenters. The van der Waals surface area contributed by atoms with Gasteiger partial charge in [-0.25, -0.2) is 13.8 Å². The number of aromatic nitrogens is 2. The van der Waals surface area contributed by atoms with E-state index in [-0.39, 0.29) is 23.0 Å². The first-order valence-corrected chi connectivity index (χ1v) is 11.7. The lowest BCUT2D eigenvalue weighted by Crippen LogP contribution is -2.37. The van der Waals surface area contributed by atoms with E-state index in [1.165, 1.54) is 29.3 Å². The maximum absolute atomic E-state index is 14.0. The first-order chi connectivity index (χ1) is 17.0. The Labute approximate surface area is 201 Å². The van der Waals surface area contributed by atoms with Crippen LogP contribution in [0, 0.1) is 46.1 Å². The number of halogens is 2. The third-order valence-corrected chi connectivity index (χ3v) is 7.03. The third-order valence-electron chi connectivity index (χ3n) is 7.03. The molecule has 0 unspecified atom stereocenters. The molecule has 5 rings (SSSR count). The second-order valence-corrected chi connectivity index (χ2v) is 9.23. The van der Waals surface area contributed by atoms with Crippen LogP contribution in [0.3, 0.4) is 0 Å². The molecule has 7 nitrogen and oxygen atoms in total. The maximum Gasteiger partial charge on any atom is 0.249 e. The fourth-order valence-electron chi connectivity index (χ4n) is 5.20. The molecule has 2 aromatic carbocycles. The van der Waals surface area contributed by atoms with Gasteiger partial charge in [0, 0.05) is 24.3 Å². The van der Waals surface area contributed by atoms with E-state index < -0.39 is 17.7 Å². The molecule has 2 aliphatic rings. The molecule has 9 heteroatoms. The van der Waals surface area contributed by atoms with Gasteiger partial charge in [-0.2, -0.15) is 15.6 Å². The third kappa shape index (κ3) is 4.48. The molecule has 1 saturated heterocycles. The Morgan fingerprint density at radius 2 is 1.86 bits per heavy atom. The van der Waals surface area contributed by atoms with E-state index >= 15 is 0 Å². The Bertz CT molecular complexity index is 1360. The van der Waals surface area contributed by atoms with Crippen molar-refractivity contribution in [3.05, 3.63) is 64.9 Å². The molecule has 0 bridgehead atoms. The number of amides is 1. The zero-order valence-electron chi connectivity index (χ0n) is 19.0. The largest absolute Gasteiger partial charge is 0.272 e. The lowest BCUT2D eigenvalue weighted by molar-refractivity contribution is -0.183. The number of carbonyl (C=O) groups excluding carboxylic acids is 1. The number of hydrogen-bond acceptors (Lipinski definition) is 5. The number of rotatable bonds is 4. The van der Waals surface area contributed by atoms with Crippen molar-refractivity contribution in [1.82, 2.24) is 14.8 Å². The number of nitriles is 2. The fraction of sp³-hybridized carbons (Fsp3) is 0.385. The van der Waals surface area contributed by atoms with E-state index in [1.807, 2.05) is 12.1 Å². The lowest BCUT2D eigenvalue weighted by atomic mass is 9.81. The van der Waals surface area contributed by atoms with E-state index in [1.54, 1.807) is 16.9 Å². The number of hydroxylamine groups is 2. The average Bonchev–Trinajstić information content (AvgIpc) is 3.50. The number of fused-ring (bicyclic) bond motifs is 1. The first kappa shape index (κ1) is 22.9. The second kappa shape index (κ2) is 9.44. The van der Waals surface area contributed by atoms with Crippen molar-refractivity contribution >= 4 is 16.8 Å². The summed E-state index contributed by atoms with van der Waals surface area (Å²) in [5.74, 6) is -1.05. The van der Waals surface area contributed by atoms with E-state index in [0.29, 0.717) is 49.3 Å². The monoisotopic (exact) mass is 475 g/mol.